The fourth-order valence-electron chi connectivity index (χ4n) is 2.76. The number of rotatable bonds is 5. The Morgan fingerprint density at radius 2 is 2.04 bits per heavy atom. The topological polar surface area (TPSA) is 78.7 Å². The minimum Gasteiger partial charge on any atom is -0.357 e. The third-order valence-corrected chi connectivity index (χ3v) is 5.48. The molecule has 0 spiro atoms. The van der Waals surface area contributed by atoms with Crippen molar-refractivity contribution in [1.29, 1.82) is 0 Å². The van der Waals surface area contributed by atoms with Crippen molar-refractivity contribution >= 4 is 16.0 Å². The van der Waals surface area contributed by atoms with Gasteiger partial charge in [0, 0.05) is 52.7 Å². The average molecular weight is 341 g/mol. The largest absolute Gasteiger partial charge is 0.357 e. The number of aliphatic imine (C=N–C) groups is 1. The van der Waals surface area contributed by atoms with Gasteiger partial charge in [-0.25, -0.2) is 12.7 Å². The van der Waals surface area contributed by atoms with E-state index in [0.29, 0.717) is 19.0 Å². The van der Waals surface area contributed by atoms with Crippen LogP contribution in [0, 0.1) is 5.92 Å². The molecule has 8 heteroatoms. The highest BCUT2D eigenvalue weighted by molar-refractivity contribution is 7.88. The Kier molecular flexibility index (Phi) is 6.06. The van der Waals surface area contributed by atoms with Crippen molar-refractivity contribution in [3.05, 3.63) is 24.0 Å². The van der Waals surface area contributed by atoms with Gasteiger partial charge in [-0.15, -0.1) is 0 Å². The first kappa shape index (κ1) is 17.8. The normalized spacial score (nSPS) is 18.1. The van der Waals surface area contributed by atoms with Crippen molar-refractivity contribution in [2.24, 2.45) is 18.0 Å². The lowest BCUT2D eigenvalue weighted by atomic mass is 9.98. The van der Waals surface area contributed by atoms with Crippen LogP contribution < -0.4 is 10.6 Å². The number of hydrogen-bond donors (Lipinski definition) is 2. The van der Waals surface area contributed by atoms with Crippen molar-refractivity contribution < 1.29 is 8.42 Å². The lowest BCUT2D eigenvalue weighted by molar-refractivity contribution is 0.275. The van der Waals surface area contributed by atoms with E-state index in [-0.39, 0.29) is 0 Å². The summed E-state index contributed by atoms with van der Waals surface area (Å²) in [6, 6.07) is 2.07. The van der Waals surface area contributed by atoms with Crippen LogP contribution in [-0.2, 0) is 23.6 Å². The zero-order valence-corrected chi connectivity index (χ0v) is 14.9. The van der Waals surface area contributed by atoms with Gasteiger partial charge in [0.25, 0.3) is 0 Å². The van der Waals surface area contributed by atoms with Gasteiger partial charge in [0.05, 0.1) is 6.26 Å². The maximum atomic E-state index is 11.5. The van der Waals surface area contributed by atoms with Gasteiger partial charge in [-0.3, -0.25) is 4.99 Å². The molecule has 1 fully saturated rings. The first-order valence-corrected chi connectivity index (χ1v) is 9.74. The van der Waals surface area contributed by atoms with Crippen LogP contribution in [0.3, 0.4) is 0 Å². The summed E-state index contributed by atoms with van der Waals surface area (Å²) in [4.78, 5) is 4.23. The number of nitrogens with one attached hydrogen (secondary N) is 2. The van der Waals surface area contributed by atoms with Gasteiger partial charge < -0.3 is 15.2 Å². The first-order chi connectivity index (χ1) is 10.9. The number of guanidine groups is 1. The Hall–Kier alpha value is -1.54. The third kappa shape index (κ3) is 5.54. The number of hydrogen-bond acceptors (Lipinski definition) is 3. The molecule has 0 unspecified atom stereocenters. The molecular weight excluding hydrogens is 314 g/mol. The second-order valence-corrected chi connectivity index (χ2v) is 8.08. The Balaban J connectivity index is 1.72. The summed E-state index contributed by atoms with van der Waals surface area (Å²) in [5.41, 5.74) is 1.21. The average Bonchev–Trinajstić information content (AvgIpc) is 2.92. The maximum Gasteiger partial charge on any atom is 0.211 e. The highest BCUT2D eigenvalue weighted by atomic mass is 32.2. The molecule has 0 bridgehead atoms. The van der Waals surface area contributed by atoms with Crippen LogP contribution in [-0.4, -0.2) is 56.2 Å². The molecule has 2 heterocycles. The Bertz CT molecular complexity index is 630. The lowest BCUT2D eigenvalue weighted by Crippen LogP contribution is -2.43. The molecule has 0 aromatic carbocycles. The maximum absolute atomic E-state index is 11.5. The van der Waals surface area contributed by atoms with Crippen molar-refractivity contribution in [3.63, 3.8) is 0 Å². The Morgan fingerprint density at radius 1 is 1.35 bits per heavy atom. The van der Waals surface area contributed by atoms with E-state index < -0.39 is 10.0 Å². The summed E-state index contributed by atoms with van der Waals surface area (Å²) in [6.45, 7) is 2.77. The summed E-state index contributed by atoms with van der Waals surface area (Å²) in [5.74, 6) is 1.25. The van der Waals surface area contributed by atoms with E-state index in [0.717, 1.165) is 31.9 Å². The van der Waals surface area contributed by atoms with Gasteiger partial charge in [0.15, 0.2) is 5.96 Å². The van der Waals surface area contributed by atoms with Crippen molar-refractivity contribution in [2.75, 3.05) is 32.9 Å². The van der Waals surface area contributed by atoms with Crippen LogP contribution in [0.1, 0.15) is 18.4 Å². The number of aromatic nitrogens is 1. The minimum absolute atomic E-state index is 0.475. The SMILES string of the molecule is CN=C(NCc1ccn(C)c1)NCC1CCN(S(C)(=O)=O)CC1. The van der Waals surface area contributed by atoms with Gasteiger partial charge in [-0.1, -0.05) is 0 Å². The smallest absolute Gasteiger partial charge is 0.211 e. The summed E-state index contributed by atoms with van der Waals surface area (Å²) in [5, 5.41) is 6.62. The number of nitrogens with zero attached hydrogens (tertiary/aromatic N) is 3. The van der Waals surface area contributed by atoms with Crippen molar-refractivity contribution in [1.82, 2.24) is 19.5 Å². The first-order valence-electron chi connectivity index (χ1n) is 7.89. The van der Waals surface area contributed by atoms with Gasteiger partial charge >= 0.3 is 0 Å². The molecule has 1 aliphatic heterocycles. The molecule has 1 saturated heterocycles. The molecule has 23 heavy (non-hydrogen) atoms. The molecule has 1 aromatic heterocycles. The van der Waals surface area contributed by atoms with E-state index in [4.69, 9.17) is 0 Å². The Labute approximate surface area is 138 Å². The standard InChI is InChI=1S/C15H27N5O2S/c1-16-15(18-11-14-4-7-19(2)12-14)17-10-13-5-8-20(9-6-13)23(3,21)22/h4,7,12-13H,5-6,8-11H2,1-3H3,(H2,16,17,18). The van der Waals surface area contributed by atoms with Crippen LogP contribution >= 0.6 is 0 Å². The van der Waals surface area contributed by atoms with E-state index in [1.165, 1.54) is 11.8 Å². The van der Waals surface area contributed by atoms with Gasteiger partial charge in [0.2, 0.25) is 10.0 Å². The molecule has 2 rings (SSSR count). The van der Waals surface area contributed by atoms with Gasteiger partial charge in [-0.05, 0) is 30.4 Å². The molecule has 7 nitrogen and oxygen atoms in total. The van der Waals surface area contributed by atoms with E-state index in [1.807, 2.05) is 17.8 Å². The van der Waals surface area contributed by atoms with Crippen LogP contribution in [0.2, 0.25) is 0 Å². The molecule has 1 aliphatic rings. The van der Waals surface area contributed by atoms with Crippen LogP contribution in [0.25, 0.3) is 0 Å². The molecule has 0 amide bonds. The van der Waals surface area contributed by atoms with Gasteiger partial charge in [0.1, 0.15) is 0 Å². The van der Waals surface area contributed by atoms with E-state index in [1.54, 1.807) is 11.4 Å². The number of sulfonamides is 1. The highest BCUT2D eigenvalue weighted by Crippen LogP contribution is 2.18. The summed E-state index contributed by atoms with van der Waals surface area (Å²) in [7, 11) is 0.708. The predicted molar refractivity (Wildman–Crippen MR) is 92.8 cm³/mol. The van der Waals surface area contributed by atoms with Crippen molar-refractivity contribution in [2.45, 2.75) is 19.4 Å². The fraction of sp³-hybridized carbons (Fsp3) is 0.667. The quantitative estimate of drug-likeness (QED) is 0.599. The summed E-state index contributed by atoms with van der Waals surface area (Å²) >= 11 is 0. The molecule has 2 N–H and O–H groups in total. The van der Waals surface area contributed by atoms with Gasteiger partial charge in [-0.2, -0.15) is 0 Å². The predicted octanol–water partition coefficient (Wildman–Crippen LogP) is 0.362. The zero-order valence-electron chi connectivity index (χ0n) is 14.1. The van der Waals surface area contributed by atoms with E-state index in [9.17, 15) is 8.42 Å². The molecule has 130 valence electrons. The van der Waals surface area contributed by atoms with Crippen molar-refractivity contribution in [3.8, 4) is 0 Å². The second kappa shape index (κ2) is 7.83. The Morgan fingerprint density at radius 3 is 2.57 bits per heavy atom. The third-order valence-electron chi connectivity index (χ3n) is 4.18. The molecule has 0 radical (unpaired) electrons. The number of piperidine rings is 1. The monoisotopic (exact) mass is 341 g/mol. The molecule has 0 atom stereocenters. The molecular formula is C15H27N5O2S. The van der Waals surface area contributed by atoms with E-state index in [2.05, 4.69) is 27.9 Å². The van der Waals surface area contributed by atoms with Crippen LogP contribution in [0.4, 0.5) is 0 Å². The zero-order chi connectivity index (χ0) is 16.9. The summed E-state index contributed by atoms with van der Waals surface area (Å²) in [6.07, 6.45) is 7.14. The van der Waals surface area contributed by atoms with Crippen LogP contribution in [0.5, 0.6) is 0 Å². The lowest BCUT2D eigenvalue weighted by Gasteiger charge is -2.30. The minimum atomic E-state index is -3.05. The summed E-state index contributed by atoms with van der Waals surface area (Å²) < 4.78 is 26.6. The molecule has 0 saturated carbocycles. The molecule has 1 aromatic rings. The second-order valence-electron chi connectivity index (χ2n) is 6.10. The molecule has 0 aliphatic carbocycles. The number of aryl methyl sites for hydroxylation is 1. The highest BCUT2D eigenvalue weighted by Gasteiger charge is 2.24. The van der Waals surface area contributed by atoms with Crippen LogP contribution in [0.15, 0.2) is 23.5 Å². The fourth-order valence-corrected chi connectivity index (χ4v) is 3.63. The van der Waals surface area contributed by atoms with E-state index >= 15 is 0 Å².